The van der Waals surface area contributed by atoms with Crippen LogP contribution in [0, 0.1) is 0 Å². The maximum Gasteiger partial charge on any atom is 0.192 e. The fraction of sp³-hybridized carbons (Fsp3) is 0.500. The van der Waals surface area contributed by atoms with E-state index >= 15 is 0 Å². The second-order valence-corrected chi connectivity index (χ2v) is 26.1. The van der Waals surface area contributed by atoms with Gasteiger partial charge in [-0.05, 0) is 66.8 Å². The Morgan fingerprint density at radius 3 is 2.60 bits per heavy atom. The van der Waals surface area contributed by atoms with Crippen LogP contribution in [0.1, 0.15) is 37.6 Å². The highest BCUT2D eigenvalue weighted by molar-refractivity contribution is 7.19. The van der Waals surface area contributed by atoms with Gasteiger partial charge in [-0.1, -0.05) is 52.0 Å². The molecule has 6 nitrogen and oxygen atoms in total. The molecule has 1 aliphatic heterocycles. The summed E-state index contributed by atoms with van der Waals surface area (Å²) in [5, 5.41) is 5.58. The molecule has 226 valence electrons. The van der Waals surface area contributed by atoms with E-state index in [1.54, 1.807) is 11.3 Å². The van der Waals surface area contributed by atoms with Gasteiger partial charge in [0.1, 0.15) is 6.73 Å². The van der Waals surface area contributed by atoms with Crippen LogP contribution in [-0.2, 0) is 28.9 Å². The van der Waals surface area contributed by atoms with Gasteiger partial charge in [0.15, 0.2) is 8.32 Å². The van der Waals surface area contributed by atoms with Crippen LogP contribution < -0.4 is 4.90 Å². The normalized spacial score (nSPS) is 14.5. The van der Waals surface area contributed by atoms with Crippen molar-refractivity contribution in [1.82, 2.24) is 14.8 Å². The van der Waals surface area contributed by atoms with E-state index in [0.717, 1.165) is 59.4 Å². The minimum Gasteiger partial charge on any atom is -0.412 e. The second kappa shape index (κ2) is 12.2. The number of aromatic nitrogens is 3. The molecule has 0 aliphatic carbocycles. The molecule has 1 aliphatic rings. The van der Waals surface area contributed by atoms with Crippen LogP contribution in [0.3, 0.4) is 0 Å². The number of rotatable bonds is 10. The molecule has 0 fully saturated rings. The van der Waals surface area contributed by atoms with E-state index in [2.05, 4.69) is 94.0 Å². The fourth-order valence-corrected chi connectivity index (χ4v) is 8.11. The molecule has 10 heteroatoms. The lowest BCUT2D eigenvalue weighted by atomic mass is 9.93. The van der Waals surface area contributed by atoms with Crippen LogP contribution in [0.15, 0.2) is 42.9 Å². The summed E-state index contributed by atoms with van der Waals surface area (Å²) >= 11 is 8.54. The molecule has 0 bridgehead atoms. The zero-order chi connectivity index (χ0) is 30.3. The molecule has 0 N–H and O–H groups in total. The Morgan fingerprint density at radius 2 is 1.86 bits per heavy atom. The van der Waals surface area contributed by atoms with Crippen molar-refractivity contribution in [1.29, 1.82) is 0 Å². The summed E-state index contributed by atoms with van der Waals surface area (Å²) in [6.07, 6.45) is 8.03. The van der Waals surface area contributed by atoms with E-state index in [9.17, 15) is 0 Å². The Balaban J connectivity index is 1.46. The predicted octanol–water partition coefficient (Wildman–Crippen LogP) is 9.73. The van der Waals surface area contributed by atoms with Gasteiger partial charge in [0.25, 0.3) is 0 Å². The van der Waals surface area contributed by atoms with Crippen LogP contribution in [-0.4, -0.2) is 44.3 Å². The summed E-state index contributed by atoms with van der Waals surface area (Å²) in [7, 11) is -2.98. The molecule has 4 aromatic rings. The smallest absolute Gasteiger partial charge is 0.192 e. The highest BCUT2D eigenvalue weighted by atomic mass is 35.5. The van der Waals surface area contributed by atoms with Crippen molar-refractivity contribution in [2.45, 2.75) is 90.8 Å². The first kappa shape index (κ1) is 31.4. The van der Waals surface area contributed by atoms with Gasteiger partial charge >= 0.3 is 0 Å². The number of halogens is 1. The fourth-order valence-electron chi connectivity index (χ4n) is 5.01. The van der Waals surface area contributed by atoms with Crippen LogP contribution in [0.4, 0.5) is 11.4 Å². The SMILES string of the molecule is CC(C)(C)[Si](C)(C)OCc1cc2nccc(-c3cc(Cl)cc4c3N(c3cnn(COCC[Si](C)(C)C)c3)CCC4)c2s1. The molecule has 1 aromatic carbocycles. The van der Waals surface area contributed by atoms with Gasteiger partial charge in [-0.3, -0.25) is 4.98 Å². The molecule has 0 saturated carbocycles. The Kier molecular flexibility index (Phi) is 9.10. The first-order valence-corrected chi connectivity index (χ1v) is 22.7. The van der Waals surface area contributed by atoms with E-state index in [-0.39, 0.29) is 5.04 Å². The summed E-state index contributed by atoms with van der Waals surface area (Å²) in [5.74, 6) is 0. The number of benzene rings is 1. The second-order valence-electron chi connectivity index (χ2n) is 14.1. The lowest BCUT2D eigenvalue weighted by molar-refractivity contribution is 0.0786. The van der Waals surface area contributed by atoms with Gasteiger partial charge in [-0.25, -0.2) is 4.68 Å². The van der Waals surface area contributed by atoms with Crippen molar-refractivity contribution in [2.24, 2.45) is 0 Å². The van der Waals surface area contributed by atoms with Crippen molar-refractivity contribution in [3.8, 4) is 11.1 Å². The molecular formula is C32H45ClN4O2SSi2. The topological polar surface area (TPSA) is 52.4 Å². The first-order valence-electron chi connectivity index (χ1n) is 14.9. The quantitative estimate of drug-likeness (QED) is 0.128. The number of aryl methyl sites for hydroxylation is 1. The minimum absolute atomic E-state index is 0.171. The van der Waals surface area contributed by atoms with Crippen LogP contribution in [0.25, 0.3) is 21.3 Å². The van der Waals surface area contributed by atoms with Crippen molar-refractivity contribution in [3.63, 3.8) is 0 Å². The van der Waals surface area contributed by atoms with E-state index in [0.29, 0.717) is 13.3 Å². The van der Waals surface area contributed by atoms with E-state index in [1.807, 2.05) is 17.1 Å². The Labute approximate surface area is 262 Å². The maximum atomic E-state index is 6.76. The number of thiophene rings is 1. The number of ether oxygens (including phenoxy) is 1. The number of hydrogen-bond acceptors (Lipinski definition) is 6. The van der Waals surface area contributed by atoms with E-state index in [1.165, 1.54) is 20.8 Å². The third kappa shape index (κ3) is 7.03. The molecule has 5 rings (SSSR count). The first-order chi connectivity index (χ1) is 19.7. The van der Waals surface area contributed by atoms with Gasteiger partial charge in [0, 0.05) is 48.4 Å². The molecule has 3 aromatic heterocycles. The Bertz CT molecular complexity index is 1550. The molecule has 0 saturated heterocycles. The van der Waals surface area contributed by atoms with Gasteiger partial charge < -0.3 is 14.1 Å². The molecule has 0 atom stereocenters. The number of nitrogens with zero attached hydrogens (tertiary/aromatic N) is 4. The lowest BCUT2D eigenvalue weighted by Crippen LogP contribution is -2.40. The van der Waals surface area contributed by atoms with E-state index in [4.69, 9.17) is 25.7 Å². The molecule has 42 heavy (non-hydrogen) atoms. The molecule has 0 spiro atoms. The van der Waals surface area contributed by atoms with Crippen molar-refractivity contribution < 1.29 is 9.16 Å². The Hall–Kier alpha value is -2.02. The van der Waals surface area contributed by atoms with Crippen molar-refractivity contribution in [2.75, 3.05) is 18.1 Å². The number of anilines is 2. The lowest BCUT2D eigenvalue weighted by Gasteiger charge is -2.36. The average Bonchev–Trinajstić information content (AvgIpc) is 3.55. The van der Waals surface area contributed by atoms with Crippen LogP contribution in [0.5, 0.6) is 0 Å². The number of fused-ring (bicyclic) bond motifs is 2. The monoisotopic (exact) mass is 640 g/mol. The Morgan fingerprint density at radius 1 is 1.07 bits per heavy atom. The summed E-state index contributed by atoms with van der Waals surface area (Å²) in [6.45, 7) is 21.4. The third-order valence-corrected chi connectivity index (χ3v) is 16.1. The predicted molar refractivity (Wildman–Crippen MR) is 184 cm³/mol. The minimum atomic E-state index is -1.86. The zero-order valence-corrected chi connectivity index (χ0v) is 30.0. The van der Waals surface area contributed by atoms with Crippen molar-refractivity contribution >= 4 is 60.9 Å². The molecular weight excluding hydrogens is 596 g/mol. The van der Waals surface area contributed by atoms with Crippen LogP contribution in [0.2, 0.25) is 48.8 Å². The van der Waals surface area contributed by atoms with Gasteiger partial charge in [-0.15, -0.1) is 11.3 Å². The summed E-state index contributed by atoms with van der Waals surface area (Å²) in [5.41, 5.74) is 6.87. The average molecular weight is 641 g/mol. The third-order valence-electron chi connectivity index (χ3n) is 8.54. The van der Waals surface area contributed by atoms with E-state index < -0.39 is 16.4 Å². The summed E-state index contributed by atoms with van der Waals surface area (Å²) in [4.78, 5) is 8.35. The number of hydrogen-bond donors (Lipinski definition) is 0. The zero-order valence-electron chi connectivity index (χ0n) is 26.4. The standard InChI is InChI=1S/C32H45ClN4O2SSi2/c1-32(2,3)42(7,8)39-21-26-18-29-31(40-26)27(11-12-34-29)28-17-24(33)16-23-10-9-13-37(30(23)28)25-19-35-36(20-25)22-38-14-15-41(4,5)6/h11-12,16-20H,9-10,13-15,21-22H2,1-8H3. The van der Waals surface area contributed by atoms with Gasteiger partial charge in [0.05, 0.1) is 40.6 Å². The highest BCUT2D eigenvalue weighted by Gasteiger charge is 2.37. The largest absolute Gasteiger partial charge is 0.412 e. The molecule has 0 radical (unpaired) electrons. The molecule has 4 heterocycles. The summed E-state index contributed by atoms with van der Waals surface area (Å²) < 4.78 is 15.6. The van der Waals surface area contributed by atoms with Crippen LogP contribution >= 0.6 is 22.9 Å². The van der Waals surface area contributed by atoms with Gasteiger partial charge in [-0.2, -0.15) is 5.10 Å². The summed E-state index contributed by atoms with van der Waals surface area (Å²) in [6, 6.07) is 9.71. The molecule has 0 amide bonds. The van der Waals surface area contributed by atoms with Gasteiger partial charge in [0.2, 0.25) is 0 Å². The maximum absolute atomic E-state index is 6.76. The highest BCUT2D eigenvalue weighted by Crippen LogP contribution is 2.46. The number of pyridine rings is 1. The van der Waals surface area contributed by atoms with Crippen molar-refractivity contribution in [3.05, 3.63) is 58.3 Å². The molecule has 0 unspecified atom stereocenters.